The van der Waals surface area contributed by atoms with E-state index < -0.39 is 27.7 Å². The molecule has 3 nitrogen and oxygen atoms in total. The van der Waals surface area contributed by atoms with Crippen LogP contribution in [0.3, 0.4) is 0 Å². The molecule has 3 atom stereocenters. The first kappa shape index (κ1) is 16.8. The average molecular weight is 391 g/mol. The highest BCUT2D eigenvalue weighted by molar-refractivity contribution is 9.10. The highest BCUT2D eigenvalue weighted by Crippen LogP contribution is 2.54. The first-order chi connectivity index (χ1) is 11.3. The molecule has 0 radical (unpaired) electrons. The summed E-state index contributed by atoms with van der Waals surface area (Å²) >= 11 is 3.55. The third-order valence-electron chi connectivity index (χ3n) is 4.82. The van der Waals surface area contributed by atoms with Crippen LogP contribution in [0.4, 0.5) is 4.39 Å². The molecule has 2 aliphatic rings. The molecule has 0 aromatic heterocycles. The van der Waals surface area contributed by atoms with Gasteiger partial charge < -0.3 is 5.11 Å². The Morgan fingerprint density at radius 2 is 2.12 bits per heavy atom. The highest BCUT2D eigenvalue weighted by Gasteiger charge is 2.56. The number of phenolic OH excluding ortho intramolecular Hbond substituents is 1. The van der Waals surface area contributed by atoms with Crippen molar-refractivity contribution in [3.8, 4) is 5.75 Å². The summed E-state index contributed by atoms with van der Waals surface area (Å²) < 4.78 is 12.7. The molecule has 0 amide bonds. The Labute approximate surface area is 147 Å². The molecule has 2 aliphatic carbocycles. The number of allylic oxidation sites excluding steroid dienone is 5. The molecule has 0 saturated heterocycles. The standard InChI is InChI=1S/C19H16BrFO3/c1-3-11-4-6-13-18(24)10(2)8-16(23)19(13,20)17(11)12-5-7-15(22)14(21)9-12/h3-5,7-9,13,17,22H,1,6H2,2H3. The third kappa shape index (κ3) is 2.30. The number of fused-ring (bicyclic) bond motifs is 1. The van der Waals surface area contributed by atoms with Gasteiger partial charge in [0.15, 0.2) is 23.1 Å². The van der Waals surface area contributed by atoms with Crippen molar-refractivity contribution < 1.29 is 19.1 Å². The van der Waals surface area contributed by atoms with Gasteiger partial charge in [0.25, 0.3) is 0 Å². The number of alkyl halides is 1. The molecule has 0 heterocycles. The number of phenols is 1. The Hall–Kier alpha value is -2.01. The van der Waals surface area contributed by atoms with Gasteiger partial charge in [-0.1, -0.05) is 40.7 Å². The Kier molecular flexibility index (Phi) is 4.08. The van der Waals surface area contributed by atoms with Crippen LogP contribution in [-0.2, 0) is 9.59 Å². The number of halogens is 2. The maximum absolute atomic E-state index is 13.9. The van der Waals surface area contributed by atoms with Gasteiger partial charge >= 0.3 is 0 Å². The Morgan fingerprint density at radius 3 is 2.75 bits per heavy atom. The van der Waals surface area contributed by atoms with Gasteiger partial charge in [0.1, 0.15) is 4.32 Å². The van der Waals surface area contributed by atoms with Gasteiger partial charge in [-0.25, -0.2) is 4.39 Å². The number of carbonyl (C=O) groups excluding carboxylic acids is 2. The van der Waals surface area contributed by atoms with Crippen LogP contribution >= 0.6 is 15.9 Å². The summed E-state index contributed by atoms with van der Waals surface area (Å²) in [7, 11) is 0. The van der Waals surface area contributed by atoms with Crippen LogP contribution in [0.2, 0.25) is 0 Å². The largest absolute Gasteiger partial charge is 0.505 e. The molecule has 3 unspecified atom stereocenters. The fourth-order valence-corrected chi connectivity index (χ4v) is 4.63. The first-order valence-electron chi connectivity index (χ1n) is 7.57. The van der Waals surface area contributed by atoms with E-state index in [-0.39, 0.29) is 11.6 Å². The lowest BCUT2D eigenvalue weighted by atomic mass is 9.63. The van der Waals surface area contributed by atoms with E-state index in [0.717, 1.165) is 5.57 Å². The summed E-state index contributed by atoms with van der Waals surface area (Å²) in [5, 5.41) is 9.44. The predicted octanol–water partition coefficient (Wildman–Crippen LogP) is 3.98. The fourth-order valence-electron chi connectivity index (χ4n) is 3.59. The second-order valence-corrected chi connectivity index (χ2v) is 7.48. The number of Topliss-reactive ketones (excluding diaryl/α,β-unsaturated/α-hetero) is 1. The van der Waals surface area contributed by atoms with E-state index >= 15 is 0 Å². The minimum atomic E-state index is -1.18. The van der Waals surface area contributed by atoms with Crippen LogP contribution in [0.1, 0.15) is 24.8 Å². The van der Waals surface area contributed by atoms with E-state index in [0.29, 0.717) is 17.6 Å². The van der Waals surface area contributed by atoms with Crippen molar-refractivity contribution in [1.29, 1.82) is 0 Å². The van der Waals surface area contributed by atoms with Crippen LogP contribution in [0.25, 0.3) is 0 Å². The summed E-state index contributed by atoms with van der Waals surface area (Å²) in [6.45, 7) is 5.42. The summed E-state index contributed by atoms with van der Waals surface area (Å²) in [5.41, 5.74) is 1.70. The minimum absolute atomic E-state index is 0.0879. The minimum Gasteiger partial charge on any atom is -0.505 e. The molecule has 0 aliphatic heterocycles. The summed E-state index contributed by atoms with van der Waals surface area (Å²) in [5.74, 6) is -2.65. The molecular weight excluding hydrogens is 375 g/mol. The molecule has 0 spiro atoms. The maximum Gasteiger partial charge on any atom is 0.174 e. The summed E-state index contributed by atoms with van der Waals surface area (Å²) in [6, 6.07) is 4.02. The number of hydrogen-bond acceptors (Lipinski definition) is 3. The number of aromatic hydroxyl groups is 1. The monoisotopic (exact) mass is 390 g/mol. The van der Waals surface area contributed by atoms with E-state index in [9.17, 15) is 19.1 Å². The lowest BCUT2D eigenvalue weighted by Gasteiger charge is -2.45. The van der Waals surface area contributed by atoms with Crippen molar-refractivity contribution in [2.75, 3.05) is 0 Å². The highest BCUT2D eigenvalue weighted by atomic mass is 79.9. The van der Waals surface area contributed by atoms with Crippen molar-refractivity contribution in [3.63, 3.8) is 0 Å². The van der Waals surface area contributed by atoms with Crippen LogP contribution in [-0.4, -0.2) is 21.0 Å². The van der Waals surface area contributed by atoms with Gasteiger partial charge in [0.2, 0.25) is 0 Å². The smallest absolute Gasteiger partial charge is 0.174 e. The van der Waals surface area contributed by atoms with Gasteiger partial charge in [-0.2, -0.15) is 0 Å². The van der Waals surface area contributed by atoms with Crippen molar-refractivity contribution in [2.45, 2.75) is 23.6 Å². The molecule has 3 rings (SSSR count). The summed E-state index contributed by atoms with van der Waals surface area (Å²) in [6.07, 6.45) is 5.26. The normalized spacial score (nSPS) is 29.6. The molecule has 24 heavy (non-hydrogen) atoms. The molecule has 124 valence electrons. The van der Waals surface area contributed by atoms with E-state index in [1.165, 1.54) is 18.2 Å². The molecule has 5 heteroatoms. The van der Waals surface area contributed by atoms with Gasteiger partial charge in [-0.05, 0) is 48.3 Å². The van der Waals surface area contributed by atoms with Gasteiger partial charge in [-0.15, -0.1) is 0 Å². The third-order valence-corrected chi connectivity index (χ3v) is 6.22. The second-order valence-electron chi connectivity index (χ2n) is 6.16. The number of carbonyl (C=O) groups is 2. The number of rotatable bonds is 2. The zero-order valence-corrected chi connectivity index (χ0v) is 14.6. The number of hydrogen-bond donors (Lipinski definition) is 1. The van der Waals surface area contributed by atoms with Crippen molar-refractivity contribution in [2.24, 2.45) is 5.92 Å². The van der Waals surface area contributed by atoms with E-state index in [4.69, 9.17) is 0 Å². The Bertz CT molecular complexity index is 824. The molecule has 1 aromatic rings. The van der Waals surface area contributed by atoms with Crippen molar-refractivity contribution in [1.82, 2.24) is 0 Å². The second kappa shape index (κ2) is 5.81. The lowest BCUT2D eigenvalue weighted by molar-refractivity contribution is -0.128. The fraction of sp³-hybridized carbons (Fsp3) is 0.263. The quantitative estimate of drug-likeness (QED) is 0.776. The van der Waals surface area contributed by atoms with E-state index in [1.807, 2.05) is 6.08 Å². The maximum atomic E-state index is 13.9. The van der Waals surface area contributed by atoms with Crippen LogP contribution in [0.5, 0.6) is 5.75 Å². The molecular formula is C19H16BrFO3. The Morgan fingerprint density at radius 1 is 1.42 bits per heavy atom. The SMILES string of the molecule is C=CC1=CCC2C(=O)C(C)=CC(=O)C2(Br)C1c1ccc(O)c(F)c1. The first-order valence-corrected chi connectivity index (χ1v) is 8.36. The molecule has 0 bridgehead atoms. The molecule has 0 fully saturated rings. The summed E-state index contributed by atoms with van der Waals surface area (Å²) in [4.78, 5) is 25.4. The topological polar surface area (TPSA) is 54.4 Å². The van der Waals surface area contributed by atoms with Crippen molar-refractivity contribution >= 4 is 27.5 Å². The lowest BCUT2D eigenvalue weighted by Crippen LogP contribution is -2.52. The zero-order valence-electron chi connectivity index (χ0n) is 13.1. The molecule has 0 saturated carbocycles. The van der Waals surface area contributed by atoms with Gasteiger partial charge in [0, 0.05) is 11.8 Å². The molecule has 1 aromatic carbocycles. The predicted molar refractivity (Wildman–Crippen MR) is 92.6 cm³/mol. The zero-order chi connectivity index (χ0) is 17.6. The van der Waals surface area contributed by atoms with Crippen LogP contribution in [0.15, 0.2) is 54.2 Å². The number of benzene rings is 1. The van der Waals surface area contributed by atoms with Crippen molar-refractivity contribution in [3.05, 3.63) is 65.5 Å². The van der Waals surface area contributed by atoms with E-state index in [2.05, 4.69) is 22.5 Å². The van der Waals surface area contributed by atoms with Gasteiger partial charge in [0.05, 0.1) is 0 Å². The van der Waals surface area contributed by atoms with E-state index in [1.54, 1.807) is 19.1 Å². The Balaban J connectivity index is 2.23. The molecule has 1 N–H and O–H groups in total. The van der Waals surface area contributed by atoms with Crippen LogP contribution in [0, 0.1) is 11.7 Å². The number of ketones is 2. The average Bonchev–Trinajstić information content (AvgIpc) is 2.55. The van der Waals surface area contributed by atoms with Gasteiger partial charge in [-0.3, -0.25) is 9.59 Å². The van der Waals surface area contributed by atoms with Crippen LogP contribution < -0.4 is 0 Å².